The second kappa shape index (κ2) is 5.17. The summed E-state index contributed by atoms with van der Waals surface area (Å²) in [6.45, 7) is 5.31. The quantitative estimate of drug-likeness (QED) is 0.904. The first-order chi connectivity index (χ1) is 7.72. The Morgan fingerprint density at radius 1 is 1.56 bits per heavy atom. The molecule has 1 aromatic carbocycles. The van der Waals surface area contributed by atoms with Crippen molar-refractivity contribution in [2.45, 2.75) is 19.5 Å². The average Bonchev–Trinajstić information content (AvgIpc) is 2.30. The van der Waals surface area contributed by atoms with Gasteiger partial charge in [-0.3, -0.25) is 0 Å². The van der Waals surface area contributed by atoms with Crippen molar-refractivity contribution < 1.29 is 4.74 Å². The molecular formula is C12H17BrN2O. The Kier molecular flexibility index (Phi) is 3.84. The number of rotatable bonds is 2. The Morgan fingerprint density at radius 3 is 3.00 bits per heavy atom. The molecule has 2 N–H and O–H groups in total. The van der Waals surface area contributed by atoms with E-state index in [4.69, 9.17) is 10.5 Å². The van der Waals surface area contributed by atoms with Crippen LogP contribution in [0.1, 0.15) is 12.5 Å². The van der Waals surface area contributed by atoms with E-state index in [0.29, 0.717) is 12.6 Å². The molecular weight excluding hydrogens is 268 g/mol. The van der Waals surface area contributed by atoms with E-state index in [1.165, 1.54) is 5.69 Å². The van der Waals surface area contributed by atoms with Gasteiger partial charge in [-0.05, 0) is 40.5 Å². The molecule has 0 saturated carbocycles. The van der Waals surface area contributed by atoms with Gasteiger partial charge < -0.3 is 15.4 Å². The standard InChI is InChI=1S/C12H17BrN2O/c1-9-8-16-5-4-15(9)12-3-2-10(7-14)6-11(12)13/h2-3,6,9H,4-5,7-8,14H2,1H3. The molecule has 1 unspecified atom stereocenters. The molecule has 0 radical (unpaired) electrons. The summed E-state index contributed by atoms with van der Waals surface area (Å²) < 4.78 is 6.56. The van der Waals surface area contributed by atoms with Gasteiger partial charge >= 0.3 is 0 Å². The van der Waals surface area contributed by atoms with Crippen molar-refractivity contribution >= 4 is 21.6 Å². The Morgan fingerprint density at radius 2 is 2.38 bits per heavy atom. The highest BCUT2D eigenvalue weighted by Gasteiger charge is 2.20. The van der Waals surface area contributed by atoms with Crippen LogP contribution in [-0.2, 0) is 11.3 Å². The molecule has 1 aliphatic heterocycles. The molecule has 1 aliphatic rings. The van der Waals surface area contributed by atoms with E-state index < -0.39 is 0 Å². The van der Waals surface area contributed by atoms with Crippen molar-refractivity contribution in [3.05, 3.63) is 28.2 Å². The highest BCUT2D eigenvalue weighted by Crippen LogP contribution is 2.29. The summed E-state index contributed by atoms with van der Waals surface area (Å²) in [5.41, 5.74) is 8.00. The normalized spacial score (nSPS) is 21.2. The summed E-state index contributed by atoms with van der Waals surface area (Å²) in [7, 11) is 0. The van der Waals surface area contributed by atoms with Gasteiger partial charge in [-0.2, -0.15) is 0 Å². The molecule has 0 aromatic heterocycles. The van der Waals surface area contributed by atoms with Gasteiger partial charge in [-0.1, -0.05) is 6.07 Å². The molecule has 0 amide bonds. The molecule has 0 aliphatic carbocycles. The van der Waals surface area contributed by atoms with Crippen LogP contribution in [0.25, 0.3) is 0 Å². The van der Waals surface area contributed by atoms with Gasteiger partial charge in [0.2, 0.25) is 0 Å². The Bertz CT molecular complexity index is 370. The summed E-state index contributed by atoms with van der Waals surface area (Å²) in [5.74, 6) is 0. The van der Waals surface area contributed by atoms with Crippen molar-refractivity contribution in [3.63, 3.8) is 0 Å². The van der Waals surface area contributed by atoms with Crippen LogP contribution in [0.5, 0.6) is 0 Å². The maximum absolute atomic E-state index is 5.62. The van der Waals surface area contributed by atoms with Gasteiger partial charge in [0, 0.05) is 23.6 Å². The predicted octanol–water partition coefficient (Wildman–Crippen LogP) is 2.13. The first kappa shape index (κ1) is 11.9. The lowest BCUT2D eigenvalue weighted by molar-refractivity contribution is 0.0989. The largest absolute Gasteiger partial charge is 0.377 e. The van der Waals surface area contributed by atoms with E-state index in [2.05, 4.69) is 46.0 Å². The maximum atomic E-state index is 5.62. The van der Waals surface area contributed by atoms with E-state index in [1.807, 2.05) is 0 Å². The first-order valence-corrected chi connectivity index (χ1v) is 6.34. The van der Waals surface area contributed by atoms with Crippen LogP contribution in [0.15, 0.2) is 22.7 Å². The zero-order chi connectivity index (χ0) is 11.5. The molecule has 1 atom stereocenters. The fourth-order valence-corrected chi connectivity index (χ4v) is 2.65. The highest BCUT2D eigenvalue weighted by atomic mass is 79.9. The molecule has 16 heavy (non-hydrogen) atoms. The van der Waals surface area contributed by atoms with Crippen LogP contribution < -0.4 is 10.6 Å². The van der Waals surface area contributed by atoms with Crippen LogP contribution in [0, 0.1) is 0 Å². The van der Waals surface area contributed by atoms with Gasteiger partial charge in [0.05, 0.1) is 18.9 Å². The number of morpholine rings is 1. The minimum atomic E-state index is 0.425. The molecule has 1 heterocycles. The zero-order valence-corrected chi connectivity index (χ0v) is 11.0. The van der Waals surface area contributed by atoms with E-state index in [9.17, 15) is 0 Å². The summed E-state index contributed by atoms with van der Waals surface area (Å²) in [4.78, 5) is 2.37. The van der Waals surface area contributed by atoms with Crippen molar-refractivity contribution in [1.82, 2.24) is 0 Å². The van der Waals surface area contributed by atoms with Crippen LogP contribution >= 0.6 is 15.9 Å². The fourth-order valence-electron chi connectivity index (χ4n) is 2.00. The van der Waals surface area contributed by atoms with Crippen molar-refractivity contribution in [2.24, 2.45) is 5.73 Å². The third-order valence-corrected chi connectivity index (χ3v) is 3.56. The Hall–Kier alpha value is -0.580. The van der Waals surface area contributed by atoms with Gasteiger partial charge in [0.15, 0.2) is 0 Å². The molecule has 0 bridgehead atoms. The summed E-state index contributed by atoms with van der Waals surface area (Å²) in [6, 6.07) is 6.74. The number of hydrogen-bond acceptors (Lipinski definition) is 3. The van der Waals surface area contributed by atoms with Gasteiger partial charge in [0.1, 0.15) is 0 Å². The SMILES string of the molecule is CC1COCCN1c1ccc(CN)cc1Br. The lowest BCUT2D eigenvalue weighted by Crippen LogP contribution is -2.43. The molecule has 1 aromatic rings. The Labute approximate surface area is 105 Å². The molecule has 4 heteroatoms. The van der Waals surface area contributed by atoms with Crippen LogP contribution in [0.4, 0.5) is 5.69 Å². The number of ether oxygens (including phenoxy) is 1. The minimum absolute atomic E-state index is 0.425. The lowest BCUT2D eigenvalue weighted by Gasteiger charge is -2.36. The number of nitrogens with two attached hydrogens (primary N) is 1. The maximum Gasteiger partial charge on any atom is 0.0668 e. The molecule has 3 nitrogen and oxygen atoms in total. The van der Waals surface area contributed by atoms with E-state index >= 15 is 0 Å². The topological polar surface area (TPSA) is 38.5 Å². The molecule has 1 fully saturated rings. The second-order valence-electron chi connectivity index (χ2n) is 4.11. The van der Waals surface area contributed by atoms with Gasteiger partial charge in [-0.25, -0.2) is 0 Å². The summed E-state index contributed by atoms with van der Waals surface area (Å²) in [6.07, 6.45) is 0. The number of nitrogens with zero attached hydrogens (tertiary/aromatic N) is 1. The van der Waals surface area contributed by atoms with Gasteiger partial charge in [-0.15, -0.1) is 0 Å². The van der Waals surface area contributed by atoms with Crippen molar-refractivity contribution in [1.29, 1.82) is 0 Å². The average molecular weight is 285 g/mol. The number of benzene rings is 1. The first-order valence-electron chi connectivity index (χ1n) is 5.55. The number of hydrogen-bond donors (Lipinski definition) is 1. The third-order valence-electron chi connectivity index (χ3n) is 2.92. The Balaban J connectivity index is 2.25. The number of anilines is 1. The van der Waals surface area contributed by atoms with Gasteiger partial charge in [0.25, 0.3) is 0 Å². The summed E-state index contributed by atoms with van der Waals surface area (Å²) in [5, 5.41) is 0. The van der Waals surface area contributed by atoms with Crippen LogP contribution in [0.2, 0.25) is 0 Å². The van der Waals surface area contributed by atoms with Crippen LogP contribution in [-0.4, -0.2) is 25.8 Å². The van der Waals surface area contributed by atoms with E-state index in [0.717, 1.165) is 29.8 Å². The molecule has 0 spiro atoms. The lowest BCUT2D eigenvalue weighted by atomic mass is 10.1. The second-order valence-corrected chi connectivity index (χ2v) is 4.96. The summed E-state index contributed by atoms with van der Waals surface area (Å²) >= 11 is 3.61. The number of halogens is 1. The predicted molar refractivity (Wildman–Crippen MR) is 69.7 cm³/mol. The van der Waals surface area contributed by atoms with E-state index in [-0.39, 0.29) is 0 Å². The molecule has 88 valence electrons. The molecule has 1 saturated heterocycles. The van der Waals surface area contributed by atoms with Crippen LogP contribution in [0.3, 0.4) is 0 Å². The third kappa shape index (κ3) is 2.39. The van der Waals surface area contributed by atoms with E-state index in [1.54, 1.807) is 0 Å². The minimum Gasteiger partial charge on any atom is -0.377 e. The highest BCUT2D eigenvalue weighted by molar-refractivity contribution is 9.10. The molecule has 2 rings (SSSR count). The van der Waals surface area contributed by atoms with Crippen molar-refractivity contribution in [2.75, 3.05) is 24.7 Å². The zero-order valence-electron chi connectivity index (χ0n) is 9.45. The monoisotopic (exact) mass is 284 g/mol. The smallest absolute Gasteiger partial charge is 0.0668 e. The van der Waals surface area contributed by atoms with Crippen molar-refractivity contribution in [3.8, 4) is 0 Å². The fraction of sp³-hybridized carbons (Fsp3) is 0.500.